The van der Waals surface area contributed by atoms with Crippen molar-refractivity contribution in [3.8, 4) is 0 Å². The molecule has 5 nitrogen and oxygen atoms in total. The van der Waals surface area contributed by atoms with Gasteiger partial charge in [0.1, 0.15) is 0 Å². The van der Waals surface area contributed by atoms with Crippen molar-refractivity contribution >= 4 is 23.1 Å². The standard InChI is InChI=1S/C24H32N4O/c1-19-7-6-8-23(20(19)2)27-15-17-28(18-16-27)24(29)25-21-9-11-22(12-10-21)26-13-4-3-5-14-26/h6-12H,3-5,13-18H2,1-2H3,(H,25,29). The molecule has 2 fully saturated rings. The number of anilines is 3. The average molecular weight is 393 g/mol. The highest BCUT2D eigenvalue weighted by Gasteiger charge is 2.22. The first kappa shape index (κ1) is 19.6. The third kappa shape index (κ3) is 4.50. The number of amides is 2. The molecule has 5 heteroatoms. The summed E-state index contributed by atoms with van der Waals surface area (Å²) in [5, 5.41) is 3.07. The fraction of sp³-hybridized carbons (Fsp3) is 0.458. The van der Waals surface area contributed by atoms with E-state index in [-0.39, 0.29) is 6.03 Å². The summed E-state index contributed by atoms with van der Waals surface area (Å²) in [6.07, 6.45) is 3.88. The summed E-state index contributed by atoms with van der Waals surface area (Å²) in [5.74, 6) is 0. The lowest BCUT2D eigenvalue weighted by atomic mass is 10.1. The Morgan fingerprint density at radius 1 is 0.793 bits per heavy atom. The molecule has 0 aliphatic carbocycles. The molecule has 2 aliphatic rings. The summed E-state index contributed by atoms with van der Waals surface area (Å²) in [5.41, 5.74) is 6.06. The van der Waals surface area contributed by atoms with Crippen molar-refractivity contribution in [2.24, 2.45) is 0 Å². The summed E-state index contributed by atoms with van der Waals surface area (Å²) >= 11 is 0. The highest BCUT2D eigenvalue weighted by Crippen LogP contribution is 2.25. The van der Waals surface area contributed by atoms with Gasteiger partial charge in [-0.2, -0.15) is 0 Å². The smallest absolute Gasteiger partial charge is 0.321 e. The van der Waals surface area contributed by atoms with E-state index in [9.17, 15) is 4.79 Å². The van der Waals surface area contributed by atoms with Gasteiger partial charge in [-0.1, -0.05) is 12.1 Å². The van der Waals surface area contributed by atoms with Gasteiger partial charge < -0.3 is 20.0 Å². The van der Waals surface area contributed by atoms with Crippen LogP contribution < -0.4 is 15.1 Å². The number of rotatable bonds is 3. The molecule has 0 atom stereocenters. The molecule has 2 aromatic carbocycles. The highest BCUT2D eigenvalue weighted by molar-refractivity contribution is 5.89. The van der Waals surface area contributed by atoms with Gasteiger partial charge in [0.25, 0.3) is 0 Å². The van der Waals surface area contributed by atoms with E-state index in [1.807, 2.05) is 17.0 Å². The van der Waals surface area contributed by atoms with Crippen molar-refractivity contribution in [3.63, 3.8) is 0 Å². The van der Waals surface area contributed by atoms with Gasteiger partial charge in [0, 0.05) is 56.3 Å². The molecule has 0 bridgehead atoms. The van der Waals surface area contributed by atoms with Crippen molar-refractivity contribution in [1.29, 1.82) is 0 Å². The number of carbonyl (C=O) groups excluding carboxylic acids is 1. The van der Waals surface area contributed by atoms with Crippen LogP contribution in [0.2, 0.25) is 0 Å². The maximum absolute atomic E-state index is 12.7. The Bertz CT molecular complexity index is 834. The largest absolute Gasteiger partial charge is 0.372 e. The van der Waals surface area contributed by atoms with Crippen LogP contribution in [-0.4, -0.2) is 50.2 Å². The molecule has 0 radical (unpaired) electrons. The summed E-state index contributed by atoms with van der Waals surface area (Å²) in [6.45, 7) is 9.82. The van der Waals surface area contributed by atoms with Crippen molar-refractivity contribution in [1.82, 2.24) is 4.90 Å². The van der Waals surface area contributed by atoms with E-state index in [0.29, 0.717) is 0 Å². The number of aryl methyl sites for hydroxylation is 1. The van der Waals surface area contributed by atoms with Crippen LogP contribution in [0.25, 0.3) is 0 Å². The monoisotopic (exact) mass is 392 g/mol. The fourth-order valence-corrected chi connectivity index (χ4v) is 4.34. The molecule has 0 aromatic heterocycles. The predicted molar refractivity (Wildman–Crippen MR) is 121 cm³/mol. The van der Waals surface area contributed by atoms with Crippen molar-refractivity contribution in [2.75, 3.05) is 54.4 Å². The Kier molecular flexibility index (Phi) is 5.93. The molecule has 2 aliphatic heterocycles. The van der Waals surface area contributed by atoms with Crippen LogP contribution in [-0.2, 0) is 0 Å². The van der Waals surface area contributed by atoms with E-state index in [1.54, 1.807) is 0 Å². The number of hydrogen-bond acceptors (Lipinski definition) is 3. The first-order valence-electron chi connectivity index (χ1n) is 10.8. The van der Waals surface area contributed by atoms with Crippen molar-refractivity contribution in [3.05, 3.63) is 53.6 Å². The Morgan fingerprint density at radius 3 is 2.17 bits per heavy atom. The van der Waals surface area contributed by atoms with Crippen LogP contribution in [0.5, 0.6) is 0 Å². The zero-order valence-corrected chi connectivity index (χ0v) is 17.7. The normalized spacial score (nSPS) is 17.4. The van der Waals surface area contributed by atoms with E-state index < -0.39 is 0 Å². The van der Waals surface area contributed by atoms with Crippen LogP contribution in [0.1, 0.15) is 30.4 Å². The van der Waals surface area contributed by atoms with E-state index in [2.05, 4.69) is 59.3 Å². The Hall–Kier alpha value is -2.69. The van der Waals surface area contributed by atoms with Crippen molar-refractivity contribution < 1.29 is 4.79 Å². The lowest BCUT2D eigenvalue weighted by Gasteiger charge is -2.37. The van der Waals surface area contributed by atoms with E-state index in [4.69, 9.17) is 0 Å². The van der Waals surface area contributed by atoms with Crippen LogP contribution >= 0.6 is 0 Å². The average Bonchev–Trinajstić information content (AvgIpc) is 2.77. The molecule has 0 saturated carbocycles. The second kappa shape index (κ2) is 8.76. The Morgan fingerprint density at radius 2 is 1.48 bits per heavy atom. The van der Waals surface area contributed by atoms with Gasteiger partial charge in [0.2, 0.25) is 0 Å². The van der Waals surface area contributed by atoms with Gasteiger partial charge in [-0.3, -0.25) is 0 Å². The minimum absolute atomic E-state index is 0.00339. The number of piperazine rings is 1. The highest BCUT2D eigenvalue weighted by atomic mass is 16.2. The van der Waals surface area contributed by atoms with Gasteiger partial charge in [0.15, 0.2) is 0 Å². The van der Waals surface area contributed by atoms with Gasteiger partial charge in [-0.25, -0.2) is 4.79 Å². The molecule has 4 rings (SSSR count). The number of carbonyl (C=O) groups is 1. The number of nitrogens with one attached hydrogen (secondary N) is 1. The quantitative estimate of drug-likeness (QED) is 0.826. The molecule has 2 saturated heterocycles. The van der Waals surface area contributed by atoms with E-state index in [0.717, 1.165) is 45.0 Å². The number of hydrogen-bond donors (Lipinski definition) is 1. The predicted octanol–water partition coefficient (Wildman–Crippen LogP) is 4.65. The van der Waals surface area contributed by atoms with Gasteiger partial charge in [-0.05, 0) is 74.6 Å². The molecule has 0 unspecified atom stereocenters. The lowest BCUT2D eigenvalue weighted by Crippen LogP contribution is -2.50. The third-order valence-corrected chi connectivity index (χ3v) is 6.32. The maximum Gasteiger partial charge on any atom is 0.321 e. The lowest BCUT2D eigenvalue weighted by molar-refractivity contribution is 0.208. The molecule has 2 aromatic rings. The fourth-order valence-electron chi connectivity index (χ4n) is 4.34. The number of urea groups is 1. The molecule has 2 amide bonds. The van der Waals surface area contributed by atoms with Crippen molar-refractivity contribution in [2.45, 2.75) is 33.1 Å². The van der Waals surface area contributed by atoms with Gasteiger partial charge in [-0.15, -0.1) is 0 Å². The summed E-state index contributed by atoms with van der Waals surface area (Å²) in [7, 11) is 0. The number of benzene rings is 2. The molecule has 0 spiro atoms. The first-order valence-corrected chi connectivity index (χ1v) is 10.8. The third-order valence-electron chi connectivity index (χ3n) is 6.32. The molecule has 2 heterocycles. The maximum atomic E-state index is 12.7. The summed E-state index contributed by atoms with van der Waals surface area (Å²) in [4.78, 5) is 19.4. The number of nitrogens with zero attached hydrogens (tertiary/aromatic N) is 3. The molecule has 1 N–H and O–H groups in total. The zero-order valence-electron chi connectivity index (χ0n) is 17.7. The van der Waals surface area contributed by atoms with Gasteiger partial charge in [0.05, 0.1) is 0 Å². The van der Waals surface area contributed by atoms with E-state index >= 15 is 0 Å². The number of piperidine rings is 1. The Labute approximate surface area is 174 Å². The minimum atomic E-state index is -0.00339. The molecule has 29 heavy (non-hydrogen) atoms. The summed E-state index contributed by atoms with van der Waals surface area (Å²) < 4.78 is 0. The van der Waals surface area contributed by atoms with E-state index in [1.165, 1.54) is 41.8 Å². The SMILES string of the molecule is Cc1cccc(N2CCN(C(=O)Nc3ccc(N4CCCCC4)cc3)CC2)c1C. The topological polar surface area (TPSA) is 38.8 Å². The second-order valence-electron chi connectivity index (χ2n) is 8.22. The molecular formula is C24H32N4O. The Balaban J connectivity index is 1.31. The summed E-state index contributed by atoms with van der Waals surface area (Å²) in [6, 6.07) is 14.7. The molecule has 154 valence electrons. The van der Waals surface area contributed by atoms with Gasteiger partial charge >= 0.3 is 6.03 Å². The zero-order chi connectivity index (χ0) is 20.2. The van der Waals surface area contributed by atoms with Crippen LogP contribution in [0.3, 0.4) is 0 Å². The van der Waals surface area contributed by atoms with Crippen LogP contribution in [0.15, 0.2) is 42.5 Å². The first-order chi connectivity index (χ1) is 14.1. The van der Waals surface area contributed by atoms with Crippen LogP contribution in [0, 0.1) is 13.8 Å². The van der Waals surface area contributed by atoms with Crippen LogP contribution in [0.4, 0.5) is 21.9 Å². The minimum Gasteiger partial charge on any atom is -0.372 e. The molecular weight excluding hydrogens is 360 g/mol. The second-order valence-corrected chi connectivity index (χ2v) is 8.22.